The first-order chi connectivity index (χ1) is 44.3. The summed E-state index contributed by atoms with van der Waals surface area (Å²) < 4.78 is 34.3. The number of nitrogens with one attached hydrogen (secondary N) is 1. The lowest BCUT2D eigenvalue weighted by Crippen LogP contribution is -2.66. The lowest BCUT2D eigenvalue weighted by Gasteiger charge is -2.48. The molecule has 0 bridgehead atoms. The van der Waals surface area contributed by atoms with Gasteiger partial charge in [0.2, 0.25) is 5.91 Å². The molecule has 0 radical (unpaired) electrons. The van der Waals surface area contributed by atoms with Crippen molar-refractivity contribution < 1.29 is 89.4 Å². The Bertz CT molecular complexity index is 2030. The average Bonchev–Trinajstić information content (AvgIpc) is 0.826. The van der Waals surface area contributed by atoms with Gasteiger partial charge in [0.1, 0.15) is 73.2 Å². The minimum atomic E-state index is -1.97. The summed E-state index contributed by atoms with van der Waals surface area (Å²) in [6.45, 7) is 1.63. The van der Waals surface area contributed by atoms with E-state index in [-0.39, 0.29) is 18.9 Å². The summed E-state index contributed by atoms with van der Waals surface area (Å²) in [7, 11) is 0. The van der Waals surface area contributed by atoms with Crippen molar-refractivity contribution in [3.05, 3.63) is 97.2 Å². The second-order valence-corrected chi connectivity index (χ2v) is 24.6. The fraction of sp³-hybridized carbons (Fsp3) is 0.764. The molecule has 0 spiro atoms. The average molecular weight is 1290 g/mol. The fourth-order valence-corrected chi connectivity index (χ4v) is 11.3. The summed E-state index contributed by atoms with van der Waals surface area (Å²) >= 11 is 0. The number of hydrogen-bond donors (Lipinski definition) is 12. The predicted octanol–water partition coefficient (Wildman–Crippen LogP) is 9.27. The molecule has 0 aromatic heterocycles. The molecule has 3 rings (SSSR count). The summed E-state index contributed by atoms with van der Waals surface area (Å²) in [5, 5.41) is 120. The van der Waals surface area contributed by atoms with Crippen molar-refractivity contribution >= 4 is 5.91 Å². The zero-order chi connectivity index (χ0) is 66.1. The smallest absolute Gasteiger partial charge is 0.220 e. The van der Waals surface area contributed by atoms with Crippen LogP contribution < -0.4 is 5.32 Å². The van der Waals surface area contributed by atoms with Crippen molar-refractivity contribution in [1.82, 2.24) is 5.32 Å². The van der Waals surface area contributed by atoms with E-state index in [0.29, 0.717) is 12.8 Å². The molecule has 17 unspecified atom stereocenters. The van der Waals surface area contributed by atoms with Crippen LogP contribution in [0.3, 0.4) is 0 Å². The molecular weight excluding hydrogens is 1170 g/mol. The molecule has 12 N–H and O–H groups in total. The lowest BCUT2D eigenvalue weighted by molar-refractivity contribution is -0.379. The molecule has 0 saturated carbocycles. The van der Waals surface area contributed by atoms with Gasteiger partial charge in [-0.3, -0.25) is 4.79 Å². The number of carbonyl (C=O) groups excluding carboxylic acids is 1. The van der Waals surface area contributed by atoms with Crippen molar-refractivity contribution in [1.29, 1.82) is 0 Å². The number of ether oxygens (including phenoxy) is 6. The Morgan fingerprint density at radius 2 is 0.758 bits per heavy atom. The molecule has 3 aliphatic rings. The lowest BCUT2D eigenvalue weighted by atomic mass is 9.96. The Hall–Kier alpha value is -3.29. The van der Waals surface area contributed by atoms with Crippen LogP contribution in [0.5, 0.6) is 0 Å². The van der Waals surface area contributed by atoms with Crippen LogP contribution in [0.15, 0.2) is 97.2 Å². The maximum absolute atomic E-state index is 13.4. The van der Waals surface area contributed by atoms with Crippen LogP contribution in [0.4, 0.5) is 0 Å². The summed E-state index contributed by atoms with van der Waals surface area (Å²) in [6, 6.07) is -0.891. The van der Waals surface area contributed by atoms with E-state index in [4.69, 9.17) is 28.4 Å². The van der Waals surface area contributed by atoms with Crippen molar-refractivity contribution in [3.8, 4) is 0 Å². The van der Waals surface area contributed by atoms with E-state index in [1.165, 1.54) is 83.5 Å². The third kappa shape index (κ3) is 34.8. The monoisotopic (exact) mass is 1290 g/mol. The minimum absolute atomic E-state index is 0.251. The van der Waals surface area contributed by atoms with Gasteiger partial charge in [-0.2, -0.15) is 0 Å². The van der Waals surface area contributed by atoms with Gasteiger partial charge < -0.3 is 89.9 Å². The number of allylic oxidation sites excluding steroid dienone is 16. The van der Waals surface area contributed by atoms with E-state index in [1.807, 2.05) is 0 Å². The van der Waals surface area contributed by atoms with Gasteiger partial charge >= 0.3 is 0 Å². The second-order valence-electron chi connectivity index (χ2n) is 24.6. The molecule has 3 aliphatic heterocycles. The van der Waals surface area contributed by atoms with E-state index < -0.39 is 124 Å². The second kappa shape index (κ2) is 52.9. The zero-order valence-electron chi connectivity index (χ0n) is 55.3. The topological polar surface area (TPSA) is 307 Å². The first-order valence-corrected chi connectivity index (χ1v) is 35.0. The first-order valence-electron chi connectivity index (χ1n) is 35.0. The van der Waals surface area contributed by atoms with Crippen molar-refractivity contribution in [2.75, 3.05) is 26.4 Å². The van der Waals surface area contributed by atoms with Gasteiger partial charge in [-0.25, -0.2) is 0 Å². The Morgan fingerprint density at radius 3 is 1.19 bits per heavy atom. The molecular formula is C72H123NO18. The highest BCUT2D eigenvalue weighted by Crippen LogP contribution is 2.33. The number of aliphatic hydroxyl groups excluding tert-OH is 11. The molecule has 19 heteroatoms. The molecule has 1 amide bonds. The summed E-state index contributed by atoms with van der Waals surface area (Å²) in [5.41, 5.74) is 0. The van der Waals surface area contributed by atoms with Crippen molar-refractivity contribution in [2.45, 2.75) is 324 Å². The Balaban J connectivity index is 1.31. The van der Waals surface area contributed by atoms with Gasteiger partial charge in [-0.05, 0) is 77.0 Å². The molecule has 17 atom stereocenters. The van der Waals surface area contributed by atoms with E-state index in [9.17, 15) is 61.0 Å². The molecule has 0 aliphatic carbocycles. The quantitative estimate of drug-likeness (QED) is 0.0199. The van der Waals surface area contributed by atoms with Crippen LogP contribution >= 0.6 is 0 Å². The van der Waals surface area contributed by atoms with E-state index >= 15 is 0 Å². The Kier molecular flexibility index (Phi) is 47.7. The van der Waals surface area contributed by atoms with Crippen LogP contribution in [0, 0.1) is 0 Å². The maximum Gasteiger partial charge on any atom is 0.220 e. The van der Waals surface area contributed by atoms with Gasteiger partial charge in [0, 0.05) is 6.42 Å². The fourth-order valence-electron chi connectivity index (χ4n) is 11.3. The highest BCUT2D eigenvalue weighted by atomic mass is 16.8. The number of rotatable bonds is 52. The van der Waals surface area contributed by atoms with Crippen LogP contribution in [0.25, 0.3) is 0 Å². The van der Waals surface area contributed by atoms with Gasteiger partial charge in [0.05, 0.1) is 38.6 Å². The van der Waals surface area contributed by atoms with E-state index in [0.717, 1.165) is 103 Å². The molecule has 91 heavy (non-hydrogen) atoms. The highest BCUT2D eigenvalue weighted by molar-refractivity contribution is 5.76. The van der Waals surface area contributed by atoms with E-state index in [1.54, 1.807) is 0 Å². The molecule has 3 saturated heterocycles. The van der Waals surface area contributed by atoms with E-state index in [2.05, 4.69) is 116 Å². The first kappa shape index (κ1) is 81.9. The SMILES string of the molecule is CC/C=C\C/C=C\C/C=C\C/C=C\C/C=C\C/C=C\C/C=C\C/C=C\CCCCCCCCCCCCCCC(=O)NC(COC1OC(CO)C(OC2OC(CO)C(OC3OC(CO)C(O)C(O)C3O)C(O)C2O)C(O)C1O)C(O)CCCCCCCCCCC. The summed E-state index contributed by atoms with van der Waals surface area (Å²) in [6.07, 6.45) is 42.4. The molecule has 0 aromatic carbocycles. The molecule has 0 aromatic rings. The molecule has 19 nitrogen and oxygen atoms in total. The van der Waals surface area contributed by atoms with Crippen molar-refractivity contribution in [3.63, 3.8) is 0 Å². The highest BCUT2D eigenvalue weighted by Gasteiger charge is 2.53. The van der Waals surface area contributed by atoms with Gasteiger partial charge in [0.25, 0.3) is 0 Å². The van der Waals surface area contributed by atoms with Gasteiger partial charge in [-0.15, -0.1) is 0 Å². The van der Waals surface area contributed by atoms with Crippen LogP contribution in [0.1, 0.15) is 219 Å². The molecule has 3 fully saturated rings. The zero-order valence-corrected chi connectivity index (χ0v) is 55.3. The number of carbonyl (C=O) groups is 1. The maximum atomic E-state index is 13.4. The number of unbranched alkanes of at least 4 members (excludes halogenated alkanes) is 20. The standard InChI is InChI=1S/C72H123NO18/c1-3-5-7-9-11-13-14-15-16-17-18-19-20-21-22-23-24-25-26-27-28-29-30-31-32-33-34-35-36-37-38-39-40-42-44-46-48-50-60(78)73-55(56(77)49-47-45-43-41-12-10-8-6-4-2)54-86-70-66(84)63(81)68(58(52-75)88-70)91-72-67(85)64(82)69(59(53-76)89-72)90-71-65(83)62(80)61(79)57(51-74)87-71/h5,7,11,13,15-16,18-19,21-22,24-25,27-28,30-31,55-59,61-72,74-77,79-85H,3-4,6,8-10,12,14,17,20,23,26,29,32-54H2,1-2H3,(H,73,78)/b7-5-,13-11-,16-15-,19-18-,22-21-,25-24-,28-27-,31-30-. The Labute approximate surface area is 545 Å². The van der Waals surface area contributed by atoms with Crippen molar-refractivity contribution in [2.24, 2.45) is 0 Å². The largest absolute Gasteiger partial charge is 0.394 e. The number of aliphatic hydroxyl groups is 11. The number of hydrogen-bond acceptors (Lipinski definition) is 18. The van der Waals surface area contributed by atoms with Crippen LogP contribution in [0.2, 0.25) is 0 Å². The van der Waals surface area contributed by atoms with Gasteiger partial charge in [0.15, 0.2) is 18.9 Å². The summed E-state index contributed by atoms with van der Waals surface area (Å²) in [4.78, 5) is 13.4. The van der Waals surface area contributed by atoms with Crippen LogP contribution in [-0.2, 0) is 33.2 Å². The number of amides is 1. The third-order valence-electron chi connectivity index (χ3n) is 16.9. The third-order valence-corrected chi connectivity index (χ3v) is 16.9. The van der Waals surface area contributed by atoms with Gasteiger partial charge in [-0.1, -0.05) is 233 Å². The molecule has 3 heterocycles. The van der Waals surface area contributed by atoms with Crippen LogP contribution in [-0.4, -0.2) is 193 Å². The minimum Gasteiger partial charge on any atom is -0.394 e. The summed E-state index contributed by atoms with van der Waals surface area (Å²) in [5.74, 6) is -0.251. The normalized spacial score (nSPS) is 28.5. The predicted molar refractivity (Wildman–Crippen MR) is 355 cm³/mol. The Morgan fingerprint density at radius 1 is 0.407 bits per heavy atom. The molecule has 524 valence electrons.